The van der Waals surface area contributed by atoms with E-state index in [1.165, 1.54) is 0 Å². The summed E-state index contributed by atoms with van der Waals surface area (Å²) in [5, 5.41) is 5.99. The SMILES string of the molecule is O=S(O)c1ccc(C2CC2c2ccc(OCc3c(-c4c(Cl)cccc4Cl)noc3C3CC3)cc2Cl)cc1. The molecule has 6 rings (SSSR count). The van der Waals surface area contributed by atoms with E-state index in [-0.39, 0.29) is 6.61 Å². The Labute approximate surface area is 232 Å². The molecule has 3 aromatic carbocycles. The highest BCUT2D eigenvalue weighted by atomic mass is 35.5. The van der Waals surface area contributed by atoms with Gasteiger partial charge >= 0.3 is 0 Å². The topological polar surface area (TPSA) is 72.6 Å². The quantitative estimate of drug-likeness (QED) is 0.213. The lowest BCUT2D eigenvalue weighted by molar-refractivity contribution is 0.300. The van der Waals surface area contributed by atoms with Gasteiger partial charge < -0.3 is 13.8 Å². The summed E-state index contributed by atoms with van der Waals surface area (Å²) in [6.07, 6.45) is 3.10. The molecule has 1 aromatic heterocycles. The Morgan fingerprint density at radius 2 is 1.70 bits per heavy atom. The van der Waals surface area contributed by atoms with Crippen molar-refractivity contribution in [1.82, 2.24) is 5.16 Å². The van der Waals surface area contributed by atoms with Crippen molar-refractivity contribution in [2.24, 2.45) is 0 Å². The Morgan fingerprint density at radius 3 is 2.35 bits per heavy atom. The number of ether oxygens (including phenoxy) is 1. The highest BCUT2D eigenvalue weighted by Gasteiger charge is 2.40. The van der Waals surface area contributed by atoms with Crippen molar-refractivity contribution in [3.63, 3.8) is 0 Å². The van der Waals surface area contributed by atoms with Crippen LogP contribution in [0.25, 0.3) is 11.3 Å². The molecule has 3 atom stereocenters. The van der Waals surface area contributed by atoms with Crippen molar-refractivity contribution in [3.05, 3.63) is 98.2 Å². The van der Waals surface area contributed by atoms with Crippen molar-refractivity contribution >= 4 is 45.9 Å². The molecule has 1 N–H and O–H groups in total. The van der Waals surface area contributed by atoms with Gasteiger partial charge in [-0.15, -0.1) is 0 Å². The molecule has 2 aliphatic rings. The van der Waals surface area contributed by atoms with Crippen LogP contribution in [0.5, 0.6) is 5.75 Å². The average molecular weight is 575 g/mol. The second-order valence-electron chi connectivity index (χ2n) is 9.48. The van der Waals surface area contributed by atoms with Crippen LogP contribution in [0.1, 0.15) is 59.5 Å². The third-order valence-corrected chi connectivity index (χ3v) is 8.65. The third-order valence-electron chi connectivity index (χ3n) is 7.02. The van der Waals surface area contributed by atoms with Crippen LogP contribution >= 0.6 is 34.8 Å². The van der Waals surface area contributed by atoms with Crippen LogP contribution in [0.3, 0.4) is 0 Å². The van der Waals surface area contributed by atoms with E-state index in [1.807, 2.05) is 30.3 Å². The van der Waals surface area contributed by atoms with Crippen molar-refractivity contribution in [1.29, 1.82) is 0 Å². The zero-order valence-corrected chi connectivity index (χ0v) is 22.6. The predicted molar refractivity (Wildman–Crippen MR) is 145 cm³/mol. The highest BCUT2D eigenvalue weighted by Crippen LogP contribution is 2.56. The fourth-order valence-corrected chi connectivity index (χ4v) is 6.10. The molecule has 4 aromatic rings. The maximum Gasteiger partial charge on any atom is 0.186 e. The summed E-state index contributed by atoms with van der Waals surface area (Å²) < 4.78 is 32.4. The van der Waals surface area contributed by atoms with Gasteiger partial charge in [0, 0.05) is 16.5 Å². The van der Waals surface area contributed by atoms with Gasteiger partial charge in [-0.2, -0.15) is 0 Å². The summed E-state index contributed by atoms with van der Waals surface area (Å²) in [7, 11) is 0. The second kappa shape index (κ2) is 10.1. The smallest absolute Gasteiger partial charge is 0.186 e. The number of aromatic nitrogens is 1. The molecule has 2 fully saturated rings. The van der Waals surface area contributed by atoms with Crippen LogP contribution in [-0.4, -0.2) is 13.9 Å². The summed E-state index contributed by atoms with van der Waals surface area (Å²) in [6, 6.07) is 18.4. The normalized spacial score (nSPS) is 19.6. The molecule has 0 saturated heterocycles. The number of benzene rings is 3. The Bertz CT molecular complexity index is 1480. The van der Waals surface area contributed by atoms with E-state index >= 15 is 0 Å². The van der Waals surface area contributed by atoms with E-state index in [0.29, 0.717) is 54.7 Å². The van der Waals surface area contributed by atoms with E-state index in [4.69, 9.17) is 44.1 Å². The van der Waals surface area contributed by atoms with Crippen LogP contribution < -0.4 is 4.74 Å². The maximum absolute atomic E-state index is 11.2. The van der Waals surface area contributed by atoms with Crippen molar-refractivity contribution in [3.8, 4) is 17.0 Å². The third kappa shape index (κ3) is 5.06. The predicted octanol–water partition coefficient (Wildman–Crippen LogP) is 8.61. The van der Waals surface area contributed by atoms with Gasteiger partial charge in [-0.3, -0.25) is 0 Å². The summed E-state index contributed by atoms with van der Waals surface area (Å²) >= 11 is 17.6. The fourth-order valence-electron chi connectivity index (χ4n) is 4.84. The first kappa shape index (κ1) is 25.0. The van der Waals surface area contributed by atoms with Crippen LogP contribution in [-0.2, 0) is 17.7 Å². The van der Waals surface area contributed by atoms with E-state index in [1.54, 1.807) is 30.3 Å². The number of halogens is 3. The maximum atomic E-state index is 11.2. The lowest BCUT2D eigenvalue weighted by atomic mass is 10.0. The summed E-state index contributed by atoms with van der Waals surface area (Å²) in [5.41, 5.74) is 4.32. The van der Waals surface area contributed by atoms with Crippen molar-refractivity contribution in [2.75, 3.05) is 0 Å². The van der Waals surface area contributed by atoms with Crippen molar-refractivity contribution < 1.29 is 18.0 Å². The lowest BCUT2D eigenvalue weighted by Crippen LogP contribution is -2.00. The van der Waals surface area contributed by atoms with Gasteiger partial charge in [0.15, 0.2) is 11.1 Å². The molecule has 5 nitrogen and oxygen atoms in total. The number of nitrogens with zero attached hydrogens (tertiary/aromatic N) is 1. The molecule has 0 amide bonds. The van der Waals surface area contributed by atoms with E-state index in [0.717, 1.165) is 41.7 Å². The Morgan fingerprint density at radius 1 is 0.973 bits per heavy atom. The molecule has 3 unspecified atom stereocenters. The molecule has 2 aliphatic carbocycles. The number of hydrogen-bond donors (Lipinski definition) is 1. The minimum atomic E-state index is -1.97. The van der Waals surface area contributed by atoms with Crippen LogP contribution in [0.2, 0.25) is 15.1 Å². The first-order valence-electron chi connectivity index (χ1n) is 12.0. The van der Waals surface area contributed by atoms with Gasteiger partial charge in [0.1, 0.15) is 23.8 Å². The van der Waals surface area contributed by atoms with Crippen LogP contribution in [0.15, 0.2) is 70.1 Å². The zero-order chi connectivity index (χ0) is 25.7. The summed E-state index contributed by atoms with van der Waals surface area (Å²) in [5.74, 6) is 2.46. The first-order chi connectivity index (χ1) is 17.9. The monoisotopic (exact) mass is 573 g/mol. The van der Waals surface area contributed by atoms with Gasteiger partial charge in [-0.05, 0) is 78.6 Å². The van der Waals surface area contributed by atoms with E-state index in [2.05, 4.69) is 5.16 Å². The molecule has 0 bridgehead atoms. The lowest BCUT2D eigenvalue weighted by Gasteiger charge is -2.11. The molecule has 0 radical (unpaired) electrons. The summed E-state index contributed by atoms with van der Waals surface area (Å²) in [4.78, 5) is 0.401. The number of hydrogen-bond acceptors (Lipinski definition) is 4. The Balaban J connectivity index is 1.19. The highest BCUT2D eigenvalue weighted by molar-refractivity contribution is 7.79. The standard InChI is InChI=1S/C28H22Cl3NO4S/c29-23-2-1-3-24(30)26(23)27-22(28(36-32-27)16-4-5-16)14-35-17-8-11-19(25(31)12-17)21-13-20(21)15-6-9-18(10-7-15)37(33)34/h1-3,6-12,16,20-21H,4-5,13-14H2,(H,33,34). The van der Waals surface area contributed by atoms with Gasteiger partial charge in [0.25, 0.3) is 0 Å². The molecular weight excluding hydrogens is 553 g/mol. The minimum absolute atomic E-state index is 0.256. The molecule has 0 spiro atoms. The molecule has 9 heteroatoms. The molecular formula is C28H22Cl3NO4S. The molecule has 37 heavy (non-hydrogen) atoms. The minimum Gasteiger partial charge on any atom is -0.489 e. The molecule has 2 saturated carbocycles. The first-order valence-corrected chi connectivity index (χ1v) is 14.2. The molecule has 1 heterocycles. The number of rotatable bonds is 8. The van der Waals surface area contributed by atoms with Crippen LogP contribution in [0.4, 0.5) is 0 Å². The van der Waals surface area contributed by atoms with Gasteiger partial charge in [-0.1, -0.05) is 64.2 Å². The Kier molecular flexibility index (Phi) is 6.80. The largest absolute Gasteiger partial charge is 0.489 e. The Hall–Kier alpha value is -2.35. The average Bonchev–Trinajstić information content (AvgIpc) is 3.81. The molecule has 0 aliphatic heterocycles. The fraction of sp³-hybridized carbons (Fsp3) is 0.250. The van der Waals surface area contributed by atoms with Gasteiger partial charge in [0.05, 0.1) is 20.5 Å². The second-order valence-corrected chi connectivity index (χ2v) is 11.7. The van der Waals surface area contributed by atoms with Gasteiger partial charge in [0.2, 0.25) is 0 Å². The van der Waals surface area contributed by atoms with E-state index in [9.17, 15) is 8.76 Å². The summed E-state index contributed by atoms with van der Waals surface area (Å²) in [6.45, 7) is 0.256. The van der Waals surface area contributed by atoms with E-state index < -0.39 is 11.1 Å². The van der Waals surface area contributed by atoms with Gasteiger partial charge in [-0.25, -0.2) is 4.21 Å². The van der Waals surface area contributed by atoms with Crippen LogP contribution in [0, 0.1) is 0 Å². The zero-order valence-electron chi connectivity index (χ0n) is 19.5. The van der Waals surface area contributed by atoms with Crippen molar-refractivity contribution in [2.45, 2.75) is 48.5 Å². The molecule has 190 valence electrons.